The van der Waals surface area contributed by atoms with Crippen molar-refractivity contribution in [2.45, 2.75) is 76.9 Å². The lowest BCUT2D eigenvalue weighted by atomic mass is 10.00. The highest BCUT2D eigenvalue weighted by Gasteiger charge is 2.44. The lowest BCUT2D eigenvalue weighted by Gasteiger charge is -2.31. The summed E-state index contributed by atoms with van der Waals surface area (Å²) in [7, 11) is 0. The first-order valence-corrected chi connectivity index (χ1v) is 14.7. The molecule has 1 fully saturated rings. The highest BCUT2D eigenvalue weighted by Crippen LogP contribution is 2.25. The zero-order valence-electron chi connectivity index (χ0n) is 25.5. The predicted molar refractivity (Wildman–Crippen MR) is 162 cm³/mol. The molecule has 1 aliphatic rings. The zero-order valence-corrected chi connectivity index (χ0v) is 25.5. The van der Waals surface area contributed by atoms with E-state index in [4.69, 9.17) is 9.84 Å². The summed E-state index contributed by atoms with van der Waals surface area (Å²) in [6.07, 6.45) is -0.698. The average molecular weight is 625 g/mol. The smallest absolute Gasteiger partial charge is 0.305 e. The van der Waals surface area contributed by atoms with Crippen LogP contribution in [0.3, 0.4) is 0 Å². The fraction of sp³-hybridized carbons (Fsp3) is 0.438. The van der Waals surface area contributed by atoms with Crippen LogP contribution < -0.4 is 16.0 Å². The number of carbonyl (C=O) groups excluding carboxylic acids is 5. The summed E-state index contributed by atoms with van der Waals surface area (Å²) in [5.41, 5.74) is 1.55. The molecule has 45 heavy (non-hydrogen) atoms. The zero-order chi connectivity index (χ0) is 33.1. The molecule has 2 aromatic carbocycles. The van der Waals surface area contributed by atoms with E-state index in [1.165, 1.54) is 24.0 Å². The first kappa shape index (κ1) is 34.7. The molecule has 2 aromatic rings. The van der Waals surface area contributed by atoms with Crippen LogP contribution >= 0.6 is 0 Å². The molecule has 3 rings (SSSR count). The van der Waals surface area contributed by atoms with Crippen molar-refractivity contribution in [1.29, 1.82) is 0 Å². The van der Waals surface area contributed by atoms with Crippen LogP contribution in [0.1, 0.15) is 44.7 Å². The van der Waals surface area contributed by atoms with Crippen LogP contribution in [-0.4, -0.2) is 87.8 Å². The number of aromatic hydroxyl groups is 1. The van der Waals surface area contributed by atoms with Crippen molar-refractivity contribution in [1.82, 2.24) is 20.9 Å². The summed E-state index contributed by atoms with van der Waals surface area (Å²) in [5, 5.41) is 26.4. The number of benzene rings is 2. The number of carboxylic acid groups (broad SMARTS) is 1. The number of likely N-dealkylation sites (tertiary alicyclic amines) is 1. The Morgan fingerprint density at radius 3 is 2.22 bits per heavy atom. The molecule has 5 N–H and O–H groups in total. The third-order valence-electron chi connectivity index (χ3n) is 7.36. The number of hydrogen-bond acceptors (Lipinski definition) is 8. The Hall–Kier alpha value is -4.78. The molecule has 0 aromatic heterocycles. The van der Waals surface area contributed by atoms with Crippen molar-refractivity contribution < 1.29 is 43.7 Å². The van der Waals surface area contributed by atoms with E-state index >= 15 is 0 Å². The number of rotatable bonds is 15. The van der Waals surface area contributed by atoms with Gasteiger partial charge in [0.2, 0.25) is 23.6 Å². The van der Waals surface area contributed by atoms with Crippen molar-refractivity contribution in [3.8, 4) is 5.75 Å². The predicted octanol–water partition coefficient (Wildman–Crippen LogP) is 0.925. The molecule has 0 bridgehead atoms. The number of carboxylic acids is 1. The highest BCUT2D eigenvalue weighted by atomic mass is 16.5. The van der Waals surface area contributed by atoms with Gasteiger partial charge in [-0.25, -0.2) is 0 Å². The van der Waals surface area contributed by atoms with E-state index in [-0.39, 0.29) is 31.7 Å². The fourth-order valence-corrected chi connectivity index (χ4v) is 5.07. The van der Waals surface area contributed by atoms with Crippen LogP contribution in [0, 0.1) is 5.92 Å². The molecule has 1 aliphatic heterocycles. The maximum absolute atomic E-state index is 14.0. The second-order valence-electron chi connectivity index (χ2n) is 11.4. The molecule has 0 radical (unpaired) electrons. The highest BCUT2D eigenvalue weighted by molar-refractivity contribution is 5.95. The topological polar surface area (TPSA) is 191 Å². The maximum atomic E-state index is 14.0. The van der Waals surface area contributed by atoms with Crippen LogP contribution in [-0.2, 0) is 46.5 Å². The summed E-state index contributed by atoms with van der Waals surface area (Å²) >= 11 is 0. The molecule has 0 saturated carbocycles. The normalized spacial score (nSPS) is 18.0. The minimum absolute atomic E-state index is 0.0101. The quantitative estimate of drug-likeness (QED) is 0.179. The Balaban J connectivity index is 1.82. The summed E-state index contributed by atoms with van der Waals surface area (Å²) in [4.78, 5) is 76.7. The second kappa shape index (κ2) is 16.3. The Morgan fingerprint density at radius 1 is 0.978 bits per heavy atom. The number of aldehydes is 1. The standard InChI is InChI=1S/C32H40N4O9/c1-19(2)29(35-30(42)26(33-20(3)38)13-21-9-11-24(39)12-10-21)32(44)36-16-25(45-18-22-7-5-4-6-8-22)15-27(36)31(43)34-23(17-37)14-28(40)41/h4-12,17,19,23,25-27,29,39H,13-16,18H2,1-3H3,(H,33,38)(H,34,43)(H,35,42)(H,40,41)/t23-,25?,26-,27-,29-/m0/s1. The monoisotopic (exact) mass is 624 g/mol. The van der Waals surface area contributed by atoms with Gasteiger partial charge < -0.3 is 40.6 Å². The molecule has 1 heterocycles. The van der Waals surface area contributed by atoms with Gasteiger partial charge in [0, 0.05) is 26.3 Å². The number of hydrogen-bond donors (Lipinski definition) is 5. The molecular formula is C32H40N4O9. The molecule has 4 amide bonds. The Bertz CT molecular complexity index is 1350. The molecule has 1 saturated heterocycles. The first-order chi connectivity index (χ1) is 21.4. The third-order valence-corrected chi connectivity index (χ3v) is 7.36. The summed E-state index contributed by atoms with van der Waals surface area (Å²) in [6.45, 7) is 4.94. The Labute approximate surface area is 261 Å². The van der Waals surface area contributed by atoms with Crippen molar-refractivity contribution in [2.75, 3.05) is 6.54 Å². The van der Waals surface area contributed by atoms with Gasteiger partial charge in [0.1, 0.15) is 30.2 Å². The second-order valence-corrected chi connectivity index (χ2v) is 11.4. The van der Waals surface area contributed by atoms with Crippen LogP contribution in [0.2, 0.25) is 0 Å². The van der Waals surface area contributed by atoms with Gasteiger partial charge in [0.15, 0.2) is 0 Å². The van der Waals surface area contributed by atoms with Crippen molar-refractivity contribution in [3.05, 3.63) is 65.7 Å². The maximum Gasteiger partial charge on any atom is 0.305 e. The van der Waals surface area contributed by atoms with Gasteiger partial charge in [-0.2, -0.15) is 0 Å². The molecule has 242 valence electrons. The molecule has 5 atom stereocenters. The number of phenols is 1. The van der Waals surface area contributed by atoms with E-state index in [0.717, 1.165) is 5.56 Å². The van der Waals surface area contributed by atoms with Gasteiger partial charge in [0.05, 0.1) is 25.2 Å². The first-order valence-electron chi connectivity index (χ1n) is 14.7. The third kappa shape index (κ3) is 10.4. The van der Waals surface area contributed by atoms with Gasteiger partial charge in [-0.05, 0) is 29.2 Å². The molecule has 0 aliphatic carbocycles. The minimum Gasteiger partial charge on any atom is -0.508 e. The van der Waals surface area contributed by atoms with E-state index < -0.39 is 72.2 Å². The van der Waals surface area contributed by atoms with Gasteiger partial charge in [0.25, 0.3) is 0 Å². The van der Waals surface area contributed by atoms with Crippen LogP contribution in [0.4, 0.5) is 0 Å². The average Bonchev–Trinajstić information content (AvgIpc) is 3.43. The number of ether oxygens (including phenoxy) is 1. The van der Waals surface area contributed by atoms with Crippen molar-refractivity contribution in [3.63, 3.8) is 0 Å². The van der Waals surface area contributed by atoms with Gasteiger partial charge in [-0.3, -0.25) is 24.0 Å². The van der Waals surface area contributed by atoms with E-state index in [9.17, 15) is 33.9 Å². The molecular weight excluding hydrogens is 584 g/mol. The van der Waals surface area contributed by atoms with E-state index in [1.54, 1.807) is 26.0 Å². The number of aliphatic carboxylic acids is 1. The van der Waals surface area contributed by atoms with E-state index in [0.29, 0.717) is 11.8 Å². The number of nitrogens with one attached hydrogen (secondary N) is 3. The molecule has 13 nitrogen and oxygen atoms in total. The summed E-state index contributed by atoms with van der Waals surface area (Å²) < 4.78 is 6.03. The molecule has 13 heteroatoms. The van der Waals surface area contributed by atoms with Crippen molar-refractivity contribution >= 4 is 35.9 Å². The largest absolute Gasteiger partial charge is 0.508 e. The molecule has 1 unspecified atom stereocenters. The fourth-order valence-electron chi connectivity index (χ4n) is 5.07. The SMILES string of the molecule is CC(=O)N[C@@H](Cc1ccc(O)cc1)C(=O)N[C@H](C(=O)N1CC(OCc2ccccc2)C[C@H]1C(=O)N[C@H](C=O)CC(=O)O)C(C)C. The Morgan fingerprint density at radius 2 is 1.64 bits per heavy atom. The van der Waals surface area contributed by atoms with E-state index in [1.807, 2.05) is 30.3 Å². The van der Waals surface area contributed by atoms with Gasteiger partial charge >= 0.3 is 5.97 Å². The number of phenolic OH excluding ortho intramolecular Hbond substituents is 1. The lowest BCUT2D eigenvalue weighted by molar-refractivity contribution is -0.144. The van der Waals surface area contributed by atoms with Crippen LogP contribution in [0.25, 0.3) is 0 Å². The lowest BCUT2D eigenvalue weighted by Crippen LogP contribution is -2.59. The van der Waals surface area contributed by atoms with Gasteiger partial charge in [-0.1, -0.05) is 56.3 Å². The minimum atomic E-state index is -1.30. The number of carbonyl (C=O) groups is 6. The van der Waals surface area contributed by atoms with Crippen LogP contribution in [0.5, 0.6) is 5.75 Å². The molecule has 0 spiro atoms. The van der Waals surface area contributed by atoms with Crippen molar-refractivity contribution in [2.24, 2.45) is 5.92 Å². The summed E-state index contributed by atoms with van der Waals surface area (Å²) in [5.74, 6) is -4.04. The number of nitrogens with zero attached hydrogens (tertiary/aromatic N) is 1. The van der Waals surface area contributed by atoms with Crippen LogP contribution in [0.15, 0.2) is 54.6 Å². The van der Waals surface area contributed by atoms with Gasteiger partial charge in [-0.15, -0.1) is 0 Å². The van der Waals surface area contributed by atoms with E-state index in [2.05, 4.69) is 16.0 Å². The Kier molecular flexibility index (Phi) is 12.6. The summed E-state index contributed by atoms with van der Waals surface area (Å²) in [6, 6.07) is 10.9. The number of amides is 4.